The van der Waals surface area contributed by atoms with Gasteiger partial charge in [0.15, 0.2) is 5.69 Å². The lowest BCUT2D eigenvalue weighted by molar-refractivity contribution is 0.0690. The molecule has 0 aliphatic heterocycles. The molecule has 0 unspecified atom stereocenters. The fourth-order valence-corrected chi connectivity index (χ4v) is 1.60. The van der Waals surface area contributed by atoms with Crippen LogP contribution in [-0.2, 0) is 6.54 Å². The maximum Gasteiger partial charge on any atom is 0.356 e. The lowest BCUT2D eigenvalue weighted by atomic mass is 10.3. The average molecular weight is 295 g/mol. The molecule has 2 heterocycles. The van der Waals surface area contributed by atoms with Gasteiger partial charge in [-0.1, -0.05) is 11.6 Å². The van der Waals surface area contributed by atoms with Crippen LogP contribution < -0.4 is 5.32 Å². The van der Waals surface area contributed by atoms with E-state index in [-0.39, 0.29) is 17.3 Å². The number of nitrogens with zero attached hydrogens (tertiary/aromatic N) is 3. The maximum absolute atomic E-state index is 11.7. The third kappa shape index (κ3) is 3.55. The van der Waals surface area contributed by atoms with E-state index in [1.165, 1.54) is 24.8 Å². The summed E-state index contributed by atoms with van der Waals surface area (Å²) in [4.78, 5) is 30.0. The van der Waals surface area contributed by atoms with Gasteiger partial charge in [0.25, 0.3) is 5.91 Å². The Morgan fingerprint density at radius 2 is 2.10 bits per heavy atom. The Kier molecular flexibility index (Phi) is 4.31. The molecule has 0 aliphatic carbocycles. The molecule has 0 aromatic carbocycles. The number of hydrogen-bond donors (Lipinski definition) is 2. The molecular formula is C12H11ClN4O3. The van der Waals surface area contributed by atoms with E-state index in [1.807, 2.05) is 0 Å². The van der Waals surface area contributed by atoms with Crippen molar-refractivity contribution in [2.75, 3.05) is 6.54 Å². The molecule has 1 amide bonds. The van der Waals surface area contributed by atoms with E-state index in [0.717, 1.165) is 0 Å². The highest BCUT2D eigenvalue weighted by atomic mass is 35.5. The Morgan fingerprint density at radius 1 is 1.30 bits per heavy atom. The summed E-state index contributed by atoms with van der Waals surface area (Å²) in [5.74, 6) is -1.40. The normalized spacial score (nSPS) is 10.2. The van der Waals surface area contributed by atoms with Crippen molar-refractivity contribution in [1.29, 1.82) is 0 Å². The second-order valence-electron chi connectivity index (χ2n) is 3.92. The predicted molar refractivity (Wildman–Crippen MR) is 70.8 cm³/mol. The Balaban J connectivity index is 1.84. The number of aromatic carboxylic acids is 1. The summed E-state index contributed by atoms with van der Waals surface area (Å²) in [6.07, 6.45) is 4.19. The Hall–Kier alpha value is -2.41. The molecule has 104 valence electrons. The molecule has 0 saturated carbocycles. The zero-order valence-corrected chi connectivity index (χ0v) is 11.0. The van der Waals surface area contributed by atoms with Crippen LogP contribution in [0.15, 0.2) is 30.9 Å². The summed E-state index contributed by atoms with van der Waals surface area (Å²) in [6, 6.07) is 3.11. The van der Waals surface area contributed by atoms with E-state index in [9.17, 15) is 9.59 Å². The van der Waals surface area contributed by atoms with Gasteiger partial charge in [0.1, 0.15) is 5.69 Å². The molecular weight excluding hydrogens is 284 g/mol. The third-order valence-electron chi connectivity index (χ3n) is 2.47. The van der Waals surface area contributed by atoms with Crippen molar-refractivity contribution >= 4 is 23.5 Å². The number of carbonyl (C=O) groups is 2. The predicted octanol–water partition coefficient (Wildman–Crippen LogP) is 1.06. The van der Waals surface area contributed by atoms with Gasteiger partial charge in [0, 0.05) is 25.5 Å². The van der Waals surface area contributed by atoms with Crippen LogP contribution in [0.5, 0.6) is 0 Å². The molecule has 0 atom stereocenters. The summed E-state index contributed by atoms with van der Waals surface area (Å²) in [5, 5.41) is 11.8. The highest BCUT2D eigenvalue weighted by Gasteiger charge is 2.08. The molecule has 0 bridgehead atoms. The Morgan fingerprint density at radius 3 is 2.70 bits per heavy atom. The van der Waals surface area contributed by atoms with Gasteiger partial charge in [0.2, 0.25) is 0 Å². The number of amides is 1. The van der Waals surface area contributed by atoms with E-state index in [4.69, 9.17) is 16.7 Å². The van der Waals surface area contributed by atoms with Crippen molar-refractivity contribution in [1.82, 2.24) is 19.9 Å². The standard InChI is InChI=1S/C12H11ClN4O3/c13-8-1-2-9(15-5-8)11(18)14-3-4-17-6-10(12(19)20)16-7-17/h1-2,5-7H,3-4H2,(H,14,18)(H,19,20). The first-order valence-electron chi connectivity index (χ1n) is 5.71. The van der Waals surface area contributed by atoms with Crippen LogP contribution in [0.2, 0.25) is 5.02 Å². The van der Waals surface area contributed by atoms with Crippen LogP contribution in [0.25, 0.3) is 0 Å². The number of carboxylic acid groups (broad SMARTS) is 1. The van der Waals surface area contributed by atoms with E-state index >= 15 is 0 Å². The number of imidazole rings is 1. The van der Waals surface area contributed by atoms with Crippen LogP contribution in [0.1, 0.15) is 21.0 Å². The molecule has 0 spiro atoms. The van der Waals surface area contributed by atoms with Crippen molar-refractivity contribution in [3.63, 3.8) is 0 Å². The second kappa shape index (κ2) is 6.16. The number of hydrogen-bond acceptors (Lipinski definition) is 4. The van der Waals surface area contributed by atoms with Crippen LogP contribution in [0, 0.1) is 0 Å². The van der Waals surface area contributed by atoms with Crippen LogP contribution in [0.3, 0.4) is 0 Å². The van der Waals surface area contributed by atoms with Crippen molar-refractivity contribution < 1.29 is 14.7 Å². The topological polar surface area (TPSA) is 97.1 Å². The lowest BCUT2D eigenvalue weighted by Gasteiger charge is -2.05. The SMILES string of the molecule is O=C(O)c1cn(CCNC(=O)c2ccc(Cl)cn2)cn1. The van der Waals surface area contributed by atoms with Crippen LogP contribution in [-0.4, -0.2) is 38.1 Å². The van der Waals surface area contributed by atoms with Gasteiger partial charge in [-0.15, -0.1) is 0 Å². The summed E-state index contributed by atoms with van der Waals surface area (Å²) in [6.45, 7) is 0.748. The lowest BCUT2D eigenvalue weighted by Crippen LogP contribution is -2.27. The third-order valence-corrected chi connectivity index (χ3v) is 2.69. The highest BCUT2D eigenvalue weighted by Crippen LogP contribution is 2.05. The summed E-state index contributed by atoms with van der Waals surface area (Å²) in [7, 11) is 0. The monoisotopic (exact) mass is 294 g/mol. The summed E-state index contributed by atoms with van der Waals surface area (Å²) < 4.78 is 1.58. The molecule has 0 radical (unpaired) electrons. The molecule has 2 rings (SSSR count). The minimum absolute atomic E-state index is 0.0318. The number of rotatable bonds is 5. The number of carboxylic acids is 1. The first-order chi connectivity index (χ1) is 9.56. The maximum atomic E-state index is 11.7. The zero-order chi connectivity index (χ0) is 14.5. The van der Waals surface area contributed by atoms with Crippen molar-refractivity contribution in [2.45, 2.75) is 6.54 Å². The van der Waals surface area contributed by atoms with Gasteiger partial charge < -0.3 is 15.0 Å². The van der Waals surface area contributed by atoms with Gasteiger partial charge in [0.05, 0.1) is 11.3 Å². The van der Waals surface area contributed by atoms with E-state index < -0.39 is 5.97 Å². The molecule has 7 nitrogen and oxygen atoms in total. The zero-order valence-electron chi connectivity index (χ0n) is 10.3. The quantitative estimate of drug-likeness (QED) is 0.859. The first-order valence-corrected chi connectivity index (χ1v) is 6.09. The molecule has 0 fully saturated rings. The molecule has 0 saturated heterocycles. The largest absolute Gasteiger partial charge is 0.476 e. The molecule has 2 aromatic rings. The Bertz CT molecular complexity index is 624. The minimum Gasteiger partial charge on any atom is -0.476 e. The molecule has 2 N–H and O–H groups in total. The van der Waals surface area contributed by atoms with Crippen molar-refractivity contribution in [2.24, 2.45) is 0 Å². The fraction of sp³-hybridized carbons (Fsp3) is 0.167. The van der Waals surface area contributed by atoms with Crippen LogP contribution in [0.4, 0.5) is 0 Å². The fourth-order valence-electron chi connectivity index (χ4n) is 1.49. The highest BCUT2D eigenvalue weighted by molar-refractivity contribution is 6.30. The number of pyridine rings is 1. The summed E-state index contributed by atoms with van der Waals surface area (Å²) >= 11 is 5.68. The number of nitrogens with one attached hydrogen (secondary N) is 1. The van der Waals surface area contributed by atoms with E-state index in [2.05, 4.69) is 15.3 Å². The van der Waals surface area contributed by atoms with Gasteiger partial charge in [-0.05, 0) is 12.1 Å². The van der Waals surface area contributed by atoms with Gasteiger partial charge in [-0.25, -0.2) is 14.8 Å². The van der Waals surface area contributed by atoms with Gasteiger partial charge in [-0.3, -0.25) is 4.79 Å². The van der Waals surface area contributed by atoms with E-state index in [1.54, 1.807) is 10.6 Å². The first kappa shape index (κ1) is 14.0. The molecule has 8 heteroatoms. The van der Waals surface area contributed by atoms with Crippen molar-refractivity contribution in [3.05, 3.63) is 47.3 Å². The molecule has 20 heavy (non-hydrogen) atoms. The molecule has 2 aromatic heterocycles. The smallest absolute Gasteiger partial charge is 0.356 e. The second-order valence-corrected chi connectivity index (χ2v) is 4.36. The number of carbonyl (C=O) groups excluding carboxylic acids is 1. The average Bonchev–Trinajstić information content (AvgIpc) is 2.88. The number of halogens is 1. The van der Waals surface area contributed by atoms with Crippen LogP contribution >= 0.6 is 11.6 Å². The minimum atomic E-state index is -1.09. The Labute approximate surface area is 119 Å². The van der Waals surface area contributed by atoms with Crippen molar-refractivity contribution in [3.8, 4) is 0 Å². The van der Waals surface area contributed by atoms with E-state index in [0.29, 0.717) is 18.1 Å². The molecule has 0 aliphatic rings. The number of aromatic nitrogens is 3. The van der Waals surface area contributed by atoms with Gasteiger partial charge >= 0.3 is 5.97 Å². The summed E-state index contributed by atoms with van der Waals surface area (Å²) in [5.41, 5.74) is 0.238. The van der Waals surface area contributed by atoms with Gasteiger partial charge in [-0.2, -0.15) is 0 Å².